The molecule has 2 aromatic carbocycles. The highest BCUT2D eigenvalue weighted by Crippen LogP contribution is 2.16. The lowest BCUT2D eigenvalue weighted by Gasteiger charge is -2.39. The summed E-state index contributed by atoms with van der Waals surface area (Å²) >= 11 is 0. The standard InChI is InChI=1S/C16H19B.C16H36N/c1-12-5-8-15(9-6-12)17(4)16-10-7-13(2)14(3)11-16;1-5-9-13-17(14-10-6-2,15-11-7-3)16-12-8-4/h5-11H,1-4H3;5-16H2,1-4H3/q;+1. The first-order valence-corrected chi connectivity index (χ1v) is 14.3. The van der Waals surface area contributed by atoms with Crippen molar-refractivity contribution in [2.24, 2.45) is 0 Å². The number of aryl methyl sites for hydroxylation is 3. The van der Waals surface area contributed by atoms with Crippen molar-refractivity contribution in [1.82, 2.24) is 0 Å². The molecule has 34 heavy (non-hydrogen) atoms. The van der Waals surface area contributed by atoms with Gasteiger partial charge in [0.05, 0.1) is 26.2 Å². The maximum atomic E-state index is 2.33. The fraction of sp³-hybridized carbons (Fsp3) is 0.625. The van der Waals surface area contributed by atoms with Gasteiger partial charge in [-0.3, -0.25) is 0 Å². The molecule has 0 N–H and O–H groups in total. The van der Waals surface area contributed by atoms with Gasteiger partial charge in [-0.2, -0.15) is 0 Å². The normalized spacial score (nSPS) is 11.2. The average Bonchev–Trinajstić information content (AvgIpc) is 2.85. The van der Waals surface area contributed by atoms with Crippen LogP contribution in [-0.4, -0.2) is 37.4 Å². The van der Waals surface area contributed by atoms with Crippen LogP contribution >= 0.6 is 0 Å². The second kappa shape index (κ2) is 17.0. The van der Waals surface area contributed by atoms with Crippen LogP contribution in [0.4, 0.5) is 0 Å². The van der Waals surface area contributed by atoms with Crippen molar-refractivity contribution in [3.8, 4) is 0 Å². The summed E-state index contributed by atoms with van der Waals surface area (Å²) in [4.78, 5) is 0. The van der Waals surface area contributed by atoms with Crippen LogP contribution in [-0.2, 0) is 0 Å². The van der Waals surface area contributed by atoms with E-state index in [9.17, 15) is 0 Å². The van der Waals surface area contributed by atoms with Gasteiger partial charge in [-0.15, -0.1) is 0 Å². The topological polar surface area (TPSA) is 0 Å². The maximum Gasteiger partial charge on any atom is 0.206 e. The Bertz CT molecular complexity index is 743. The summed E-state index contributed by atoms with van der Waals surface area (Å²) in [6.07, 6.45) is 11.1. The van der Waals surface area contributed by atoms with Crippen LogP contribution in [0.25, 0.3) is 0 Å². The van der Waals surface area contributed by atoms with Crippen molar-refractivity contribution in [3.63, 3.8) is 0 Å². The van der Waals surface area contributed by atoms with Gasteiger partial charge in [0.2, 0.25) is 6.71 Å². The van der Waals surface area contributed by atoms with Gasteiger partial charge >= 0.3 is 0 Å². The van der Waals surface area contributed by atoms with Crippen molar-refractivity contribution in [2.45, 2.75) is 107 Å². The Kier molecular flexibility index (Phi) is 15.2. The van der Waals surface area contributed by atoms with Crippen LogP contribution in [0.2, 0.25) is 6.82 Å². The molecule has 0 aliphatic rings. The van der Waals surface area contributed by atoms with Crippen molar-refractivity contribution < 1.29 is 4.48 Å². The van der Waals surface area contributed by atoms with E-state index in [4.69, 9.17) is 0 Å². The maximum absolute atomic E-state index is 2.33. The van der Waals surface area contributed by atoms with E-state index in [1.165, 1.54) is 110 Å². The predicted octanol–water partition coefficient (Wildman–Crippen LogP) is 7.85. The Hall–Kier alpha value is -1.54. The number of unbranched alkanes of at least 4 members (excludes halogenated alkanes) is 4. The van der Waals surface area contributed by atoms with E-state index in [0.29, 0.717) is 6.71 Å². The molecule has 2 heteroatoms. The van der Waals surface area contributed by atoms with E-state index in [-0.39, 0.29) is 0 Å². The SMILES string of the molecule is CB(c1ccc(C)cc1)c1ccc(C)c(C)c1.CCCC[N+](CCCC)(CCCC)CCCC. The number of hydrogen-bond donors (Lipinski definition) is 0. The Balaban J connectivity index is 0.000000340. The Morgan fingerprint density at radius 3 is 1.35 bits per heavy atom. The molecular weight excluding hydrogens is 409 g/mol. The largest absolute Gasteiger partial charge is 0.324 e. The zero-order valence-corrected chi connectivity index (χ0v) is 24.1. The van der Waals surface area contributed by atoms with Crippen molar-refractivity contribution in [2.75, 3.05) is 26.2 Å². The first kappa shape index (κ1) is 30.5. The first-order chi connectivity index (χ1) is 16.3. The summed E-state index contributed by atoms with van der Waals surface area (Å²) in [5, 5.41) is 0. The first-order valence-electron chi connectivity index (χ1n) is 14.3. The number of rotatable bonds is 14. The third kappa shape index (κ3) is 10.8. The molecule has 0 amide bonds. The second-order valence-corrected chi connectivity index (χ2v) is 10.6. The van der Waals surface area contributed by atoms with E-state index in [1.54, 1.807) is 0 Å². The molecular formula is C32H55BN+. The van der Waals surface area contributed by atoms with Gasteiger partial charge in [-0.25, -0.2) is 0 Å². The van der Waals surface area contributed by atoms with Crippen LogP contribution in [0.15, 0.2) is 42.5 Å². The highest BCUT2D eigenvalue weighted by Gasteiger charge is 2.24. The molecule has 0 heterocycles. The van der Waals surface area contributed by atoms with Crippen LogP contribution in [0.5, 0.6) is 0 Å². The summed E-state index contributed by atoms with van der Waals surface area (Å²) in [7, 11) is 0. The minimum atomic E-state index is 0.467. The zero-order valence-electron chi connectivity index (χ0n) is 24.1. The average molecular weight is 465 g/mol. The van der Waals surface area contributed by atoms with E-state index < -0.39 is 0 Å². The van der Waals surface area contributed by atoms with Gasteiger partial charge in [0.15, 0.2) is 0 Å². The van der Waals surface area contributed by atoms with E-state index in [2.05, 4.69) is 97.8 Å². The number of quaternary nitrogens is 1. The minimum absolute atomic E-state index is 0.467. The predicted molar refractivity (Wildman–Crippen MR) is 157 cm³/mol. The number of nitrogens with zero attached hydrogens (tertiary/aromatic N) is 1. The third-order valence-electron chi connectivity index (χ3n) is 7.55. The highest BCUT2D eigenvalue weighted by molar-refractivity contribution is 6.84. The summed E-state index contributed by atoms with van der Waals surface area (Å²) in [5.74, 6) is 0. The Labute approximate surface area is 214 Å². The molecule has 0 fully saturated rings. The number of benzene rings is 2. The van der Waals surface area contributed by atoms with Gasteiger partial charge in [0, 0.05) is 0 Å². The molecule has 0 saturated carbocycles. The highest BCUT2D eigenvalue weighted by atomic mass is 15.3. The summed E-state index contributed by atoms with van der Waals surface area (Å²) in [6.45, 7) is 24.2. The smallest absolute Gasteiger partial charge is 0.206 e. The molecule has 0 saturated heterocycles. The van der Waals surface area contributed by atoms with Gasteiger partial charge in [-0.1, -0.05) is 119 Å². The number of hydrogen-bond acceptors (Lipinski definition) is 0. The molecule has 0 spiro atoms. The lowest BCUT2D eigenvalue weighted by molar-refractivity contribution is -0.929. The monoisotopic (exact) mass is 464 g/mol. The van der Waals surface area contributed by atoms with Gasteiger partial charge < -0.3 is 4.48 Å². The summed E-state index contributed by atoms with van der Waals surface area (Å²) in [5.41, 5.74) is 6.85. The lowest BCUT2D eigenvalue weighted by atomic mass is 9.42. The lowest BCUT2D eigenvalue weighted by Crippen LogP contribution is -2.50. The molecule has 0 aliphatic heterocycles. The Morgan fingerprint density at radius 2 is 0.971 bits per heavy atom. The molecule has 2 aromatic rings. The third-order valence-corrected chi connectivity index (χ3v) is 7.55. The molecule has 0 aromatic heterocycles. The summed E-state index contributed by atoms with van der Waals surface area (Å²) < 4.78 is 1.42. The van der Waals surface area contributed by atoms with Crippen molar-refractivity contribution >= 4 is 17.6 Å². The molecule has 1 nitrogen and oxygen atoms in total. The molecule has 0 atom stereocenters. The molecule has 190 valence electrons. The molecule has 2 rings (SSSR count). The van der Waals surface area contributed by atoms with Gasteiger partial charge in [0.25, 0.3) is 0 Å². The minimum Gasteiger partial charge on any atom is -0.324 e. The van der Waals surface area contributed by atoms with E-state index in [1.807, 2.05) is 0 Å². The quantitative estimate of drug-likeness (QED) is 0.197. The molecule has 0 unspecified atom stereocenters. The second-order valence-electron chi connectivity index (χ2n) is 10.6. The fourth-order valence-electron chi connectivity index (χ4n) is 4.73. The van der Waals surface area contributed by atoms with Crippen LogP contribution in [0.3, 0.4) is 0 Å². The molecule has 0 aliphatic carbocycles. The zero-order chi connectivity index (χ0) is 25.4. The van der Waals surface area contributed by atoms with Gasteiger partial charge in [-0.05, 0) is 57.6 Å². The van der Waals surface area contributed by atoms with Crippen LogP contribution in [0, 0.1) is 20.8 Å². The van der Waals surface area contributed by atoms with Crippen LogP contribution < -0.4 is 10.9 Å². The molecule has 0 bridgehead atoms. The van der Waals surface area contributed by atoms with Crippen molar-refractivity contribution in [3.05, 3.63) is 59.2 Å². The van der Waals surface area contributed by atoms with Crippen LogP contribution in [0.1, 0.15) is 95.8 Å². The Morgan fingerprint density at radius 1 is 0.559 bits per heavy atom. The summed E-state index contributed by atoms with van der Waals surface area (Å²) in [6, 6.07) is 15.6. The van der Waals surface area contributed by atoms with E-state index >= 15 is 0 Å². The fourth-order valence-corrected chi connectivity index (χ4v) is 4.73. The van der Waals surface area contributed by atoms with E-state index in [0.717, 1.165) is 0 Å². The van der Waals surface area contributed by atoms with Crippen molar-refractivity contribution in [1.29, 1.82) is 0 Å². The van der Waals surface area contributed by atoms with Gasteiger partial charge in [0.1, 0.15) is 0 Å². The molecule has 0 radical (unpaired) electrons.